The van der Waals surface area contributed by atoms with Crippen LogP contribution in [0.3, 0.4) is 0 Å². The second kappa shape index (κ2) is 34.3. The third kappa shape index (κ3) is 32.2. The predicted molar refractivity (Wildman–Crippen MR) is 212 cm³/mol. The highest BCUT2D eigenvalue weighted by atomic mass is 16.6. The van der Waals surface area contributed by atoms with E-state index >= 15 is 0 Å². The van der Waals surface area contributed by atoms with Gasteiger partial charge in [-0.15, -0.1) is 0 Å². The van der Waals surface area contributed by atoms with Crippen LogP contribution in [-0.4, -0.2) is 75.5 Å². The van der Waals surface area contributed by atoms with Gasteiger partial charge in [-0.3, -0.25) is 9.59 Å². The van der Waals surface area contributed by atoms with Crippen molar-refractivity contribution in [2.24, 2.45) is 0 Å². The van der Waals surface area contributed by atoms with Gasteiger partial charge in [-0.2, -0.15) is 0 Å². The number of carbonyl (C=O) groups excluding carboxylic acids is 3. The summed E-state index contributed by atoms with van der Waals surface area (Å²) in [5.41, 5.74) is 0. The quantitative estimate of drug-likeness (QED) is 0.0297. The summed E-state index contributed by atoms with van der Waals surface area (Å²) in [6, 6.07) is -0.749. The van der Waals surface area contributed by atoms with Crippen molar-refractivity contribution in [3.05, 3.63) is 97.2 Å². The average Bonchev–Trinajstić information content (AvgIpc) is 3.09. The molecule has 0 aliphatic carbocycles. The summed E-state index contributed by atoms with van der Waals surface area (Å²) in [6.45, 7) is 4.26. The van der Waals surface area contributed by atoms with Gasteiger partial charge in [-0.25, -0.2) is 0 Å². The number of unbranched alkanes of at least 4 members (excludes halogenated alkanes) is 2. The summed E-state index contributed by atoms with van der Waals surface area (Å²) >= 11 is 0. The molecule has 0 spiro atoms. The van der Waals surface area contributed by atoms with E-state index in [9.17, 15) is 19.5 Å². The maximum Gasteiger partial charge on any atom is 0.306 e. The molecule has 0 saturated heterocycles. The number of carboxylic acids is 1. The van der Waals surface area contributed by atoms with Crippen LogP contribution in [0.5, 0.6) is 0 Å². The molecule has 2 atom stereocenters. The number of rotatable bonds is 32. The minimum Gasteiger partial charge on any atom is -0.544 e. The van der Waals surface area contributed by atoms with Gasteiger partial charge in [-0.05, 0) is 77.0 Å². The molecule has 0 heterocycles. The number of ether oxygens (including phenoxy) is 3. The second-order valence-corrected chi connectivity index (χ2v) is 13.4. The standard InChI is InChI=1S/C44H69NO7/c1-6-8-10-12-14-16-18-20-21-22-23-25-27-29-31-33-35-43(47)52-40(38-50-37-36-41(44(48)49)45(3,4)5)39-51-42(46)34-32-30-28-26-24-19-17-15-13-11-9-7-2/h8-11,14-17,20-21,23-26,29,31,40-41H,6-7,12-13,18-19,22,27-28,30,32-39H2,1-5H3/b10-8+,11-9+,16-14+,17-15+,21-20+,25-23+,26-24+,31-29+. The van der Waals surface area contributed by atoms with E-state index < -0.39 is 24.1 Å². The Morgan fingerprint density at radius 1 is 0.577 bits per heavy atom. The molecule has 292 valence electrons. The van der Waals surface area contributed by atoms with E-state index in [2.05, 4.69) is 98.9 Å². The highest BCUT2D eigenvalue weighted by Crippen LogP contribution is 2.10. The Bertz CT molecular complexity index is 1170. The minimum atomic E-state index is -1.15. The summed E-state index contributed by atoms with van der Waals surface area (Å²) in [4.78, 5) is 36.6. The summed E-state index contributed by atoms with van der Waals surface area (Å²) in [5, 5.41) is 11.6. The number of esters is 2. The fourth-order valence-corrected chi connectivity index (χ4v) is 4.78. The lowest BCUT2D eigenvalue weighted by atomic mass is 10.1. The predicted octanol–water partition coefficient (Wildman–Crippen LogP) is 8.62. The van der Waals surface area contributed by atoms with Crippen molar-refractivity contribution in [1.29, 1.82) is 0 Å². The molecule has 0 amide bonds. The largest absolute Gasteiger partial charge is 0.544 e. The first kappa shape index (κ1) is 48.2. The van der Waals surface area contributed by atoms with Gasteiger partial charge in [0.05, 0.1) is 40.3 Å². The molecule has 0 saturated carbocycles. The van der Waals surface area contributed by atoms with Crippen molar-refractivity contribution >= 4 is 17.9 Å². The van der Waals surface area contributed by atoms with Crippen molar-refractivity contribution in [2.45, 2.75) is 122 Å². The van der Waals surface area contributed by atoms with E-state index in [1.165, 1.54) is 0 Å². The number of nitrogens with zero attached hydrogens (tertiary/aromatic N) is 1. The average molecular weight is 724 g/mol. The van der Waals surface area contributed by atoms with Gasteiger partial charge in [0.2, 0.25) is 0 Å². The maximum atomic E-state index is 12.6. The highest BCUT2D eigenvalue weighted by molar-refractivity contribution is 5.70. The molecule has 0 fully saturated rings. The third-order valence-corrected chi connectivity index (χ3v) is 7.73. The van der Waals surface area contributed by atoms with Crippen molar-refractivity contribution in [2.75, 3.05) is 41.0 Å². The zero-order valence-corrected chi connectivity index (χ0v) is 32.9. The summed E-state index contributed by atoms with van der Waals surface area (Å²) < 4.78 is 16.9. The monoisotopic (exact) mass is 724 g/mol. The minimum absolute atomic E-state index is 0.00820. The van der Waals surface area contributed by atoms with Crippen LogP contribution >= 0.6 is 0 Å². The fourth-order valence-electron chi connectivity index (χ4n) is 4.78. The number of allylic oxidation sites excluding steroid dienone is 16. The van der Waals surface area contributed by atoms with Crippen LogP contribution in [0.25, 0.3) is 0 Å². The van der Waals surface area contributed by atoms with Crippen LogP contribution in [0, 0.1) is 0 Å². The molecule has 0 aromatic rings. The topological polar surface area (TPSA) is 102 Å². The molecule has 0 aromatic carbocycles. The van der Waals surface area contributed by atoms with Gasteiger partial charge in [0.15, 0.2) is 6.10 Å². The normalized spacial score (nSPS) is 14.1. The van der Waals surface area contributed by atoms with Gasteiger partial charge in [0.25, 0.3) is 0 Å². The number of carboxylic acid groups (broad SMARTS) is 1. The van der Waals surface area contributed by atoms with Gasteiger partial charge in [-0.1, -0.05) is 111 Å². The second-order valence-electron chi connectivity index (χ2n) is 13.4. The first-order valence-corrected chi connectivity index (χ1v) is 19.3. The Labute approximate surface area is 316 Å². The molecule has 0 aliphatic heterocycles. The molecule has 2 unspecified atom stereocenters. The SMILES string of the molecule is CC/C=C/C/C=C/C/C=C/C/C=C/C/C=C/CCC(=O)OC(COCCC(C(=O)[O-])[N+](C)(C)C)COC(=O)CCCC/C=C/C/C=C/C/C=C/CC. The molecule has 0 N–H and O–H groups in total. The van der Waals surface area contributed by atoms with Crippen LogP contribution < -0.4 is 5.11 Å². The number of quaternary nitrogens is 1. The zero-order valence-electron chi connectivity index (χ0n) is 32.9. The van der Waals surface area contributed by atoms with Gasteiger partial charge >= 0.3 is 11.9 Å². The molecule has 52 heavy (non-hydrogen) atoms. The van der Waals surface area contributed by atoms with Crippen molar-refractivity contribution in [3.63, 3.8) is 0 Å². The van der Waals surface area contributed by atoms with Gasteiger partial charge in [0, 0.05) is 19.3 Å². The fraction of sp³-hybridized carbons (Fsp3) is 0.568. The molecule has 0 aliphatic rings. The lowest BCUT2D eigenvalue weighted by Gasteiger charge is -2.34. The molecule has 8 heteroatoms. The van der Waals surface area contributed by atoms with Gasteiger partial charge < -0.3 is 28.6 Å². The van der Waals surface area contributed by atoms with Crippen molar-refractivity contribution < 1.29 is 38.2 Å². The zero-order chi connectivity index (χ0) is 38.5. The number of carbonyl (C=O) groups is 3. The molecular formula is C44H69NO7. The van der Waals surface area contributed by atoms with E-state index in [4.69, 9.17) is 14.2 Å². The van der Waals surface area contributed by atoms with Crippen LogP contribution in [-0.2, 0) is 28.6 Å². The lowest BCUT2D eigenvalue weighted by Crippen LogP contribution is -2.55. The Kier molecular flexibility index (Phi) is 31.9. The van der Waals surface area contributed by atoms with Gasteiger partial charge in [0.1, 0.15) is 12.6 Å². The summed E-state index contributed by atoms with van der Waals surface area (Å²) in [6.07, 6.45) is 44.6. The summed E-state index contributed by atoms with van der Waals surface area (Å²) in [5.74, 6) is -1.91. The lowest BCUT2D eigenvalue weighted by molar-refractivity contribution is -0.889. The smallest absolute Gasteiger partial charge is 0.306 e. The Morgan fingerprint density at radius 3 is 1.50 bits per heavy atom. The third-order valence-electron chi connectivity index (χ3n) is 7.73. The first-order valence-electron chi connectivity index (χ1n) is 19.3. The summed E-state index contributed by atoms with van der Waals surface area (Å²) in [7, 11) is 5.34. The van der Waals surface area contributed by atoms with E-state index in [1.807, 2.05) is 12.2 Å². The molecule has 8 nitrogen and oxygen atoms in total. The Balaban J connectivity index is 4.63. The Hall–Kier alpha value is -3.75. The van der Waals surface area contributed by atoms with Crippen LogP contribution in [0.4, 0.5) is 0 Å². The van der Waals surface area contributed by atoms with E-state index in [0.717, 1.165) is 64.2 Å². The number of hydrogen-bond acceptors (Lipinski definition) is 7. The maximum absolute atomic E-state index is 12.6. The molecule has 0 radical (unpaired) electrons. The van der Waals surface area contributed by atoms with Crippen molar-refractivity contribution in [1.82, 2.24) is 0 Å². The van der Waals surface area contributed by atoms with Crippen LogP contribution in [0.15, 0.2) is 97.2 Å². The van der Waals surface area contributed by atoms with E-state index in [0.29, 0.717) is 12.8 Å². The van der Waals surface area contributed by atoms with E-state index in [1.54, 1.807) is 21.1 Å². The van der Waals surface area contributed by atoms with Crippen LogP contribution in [0.1, 0.15) is 110 Å². The Morgan fingerprint density at radius 2 is 1.04 bits per heavy atom. The highest BCUT2D eigenvalue weighted by Gasteiger charge is 2.25. The van der Waals surface area contributed by atoms with Crippen molar-refractivity contribution in [3.8, 4) is 0 Å². The molecule has 0 aromatic heterocycles. The number of aliphatic carboxylic acids is 1. The number of hydrogen-bond donors (Lipinski definition) is 0. The van der Waals surface area contributed by atoms with E-state index in [-0.39, 0.29) is 49.5 Å². The molecule has 0 rings (SSSR count). The molecular weight excluding hydrogens is 654 g/mol. The molecule has 0 bridgehead atoms. The van der Waals surface area contributed by atoms with Crippen LogP contribution in [0.2, 0.25) is 0 Å². The number of likely N-dealkylation sites (N-methyl/N-ethyl adjacent to an activating group) is 1. The first-order chi connectivity index (χ1) is 25.1.